The van der Waals surface area contributed by atoms with E-state index in [4.69, 9.17) is 9.79 Å². The van der Waals surface area contributed by atoms with Gasteiger partial charge in [0.1, 0.15) is 5.78 Å². The summed E-state index contributed by atoms with van der Waals surface area (Å²) in [6.07, 6.45) is 5.15. The molecule has 6 nitrogen and oxygen atoms in total. The van der Waals surface area contributed by atoms with Gasteiger partial charge in [-0.25, -0.2) is 9.97 Å². The van der Waals surface area contributed by atoms with Crippen LogP contribution < -0.4 is 5.32 Å². The van der Waals surface area contributed by atoms with E-state index in [1.165, 1.54) is 18.7 Å². The Balaban J connectivity index is 2.52. The quantitative estimate of drug-likeness (QED) is 0.411. The lowest BCUT2D eigenvalue weighted by molar-refractivity contribution is 0.350. The highest BCUT2D eigenvalue weighted by atomic mass is 32.2. The van der Waals surface area contributed by atoms with Gasteiger partial charge >= 0.3 is 7.60 Å². The molecule has 3 N–H and O–H groups in total. The van der Waals surface area contributed by atoms with Crippen LogP contribution in [-0.2, 0) is 11.1 Å². The van der Waals surface area contributed by atoms with Crippen LogP contribution in [0.3, 0.4) is 0 Å². The first-order valence-corrected chi connectivity index (χ1v) is 7.47. The number of aromatic nitrogens is 2. The molecule has 0 bridgehead atoms. The van der Waals surface area contributed by atoms with Crippen molar-refractivity contribution in [3.8, 4) is 0 Å². The summed E-state index contributed by atoms with van der Waals surface area (Å²) in [7, 11) is -4.07. The van der Waals surface area contributed by atoms with Gasteiger partial charge in [0.15, 0.2) is 5.16 Å². The third-order valence-electron chi connectivity index (χ3n) is 1.97. The lowest BCUT2D eigenvalue weighted by Gasteiger charge is -2.14. The molecule has 0 fully saturated rings. The molecule has 90 valence electrons. The molecule has 0 spiro atoms. The molecule has 0 saturated carbocycles. The van der Waals surface area contributed by atoms with Gasteiger partial charge in [0, 0.05) is 24.5 Å². The molecule has 1 aromatic rings. The van der Waals surface area contributed by atoms with Crippen LogP contribution in [-0.4, -0.2) is 31.8 Å². The van der Waals surface area contributed by atoms with Crippen molar-refractivity contribution in [3.63, 3.8) is 0 Å². The van der Waals surface area contributed by atoms with Crippen molar-refractivity contribution in [3.05, 3.63) is 18.0 Å². The lowest BCUT2D eigenvalue weighted by Crippen LogP contribution is -2.25. The van der Waals surface area contributed by atoms with Gasteiger partial charge < -0.3 is 9.79 Å². The van der Waals surface area contributed by atoms with Crippen LogP contribution in [0.2, 0.25) is 0 Å². The standard InChI is InChI=1S/C8H14N3O3PS/c1-6(15(12,13)14)9-3-7-4-10-8(16-2)11-5-7/h4-6,9H,3H2,1-2H3,(H2,12,13,14)/t6-/m1/s1. The van der Waals surface area contributed by atoms with Gasteiger partial charge in [-0.3, -0.25) is 9.88 Å². The minimum Gasteiger partial charge on any atom is -0.323 e. The molecule has 0 saturated heterocycles. The van der Waals surface area contributed by atoms with Gasteiger partial charge in [0.05, 0.1) is 0 Å². The first-order chi connectivity index (χ1) is 7.43. The van der Waals surface area contributed by atoms with Gasteiger partial charge in [-0.2, -0.15) is 0 Å². The molecule has 1 heterocycles. The summed E-state index contributed by atoms with van der Waals surface area (Å²) in [6.45, 7) is 1.78. The highest BCUT2D eigenvalue weighted by molar-refractivity contribution is 7.98. The van der Waals surface area contributed by atoms with E-state index in [1.807, 2.05) is 6.26 Å². The topological polar surface area (TPSA) is 95.3 Å². The van der Waals surface area contributed by atoms with E-state index in [9.17, 15) is 4.57 Å². The molecule has 0 radical (unpaired) electrons. The Morgan fingerprint density at radius 2 is 2.06 bits per heavy atom. The Morgan fingerprint density at radius 1 is 1.50 bits per heavy atom. The highest BCUT2D eigenvalue weighted by Gasteiger charge is 2.22. The predicted molar refractivity (Wildman–Crippen MR) is 62.2 cm³/mol. The smallest absolute Gasteiger partial charge is 0.323 e. The molecular formula is C8H14N3O3PS. The number of nitrogens with zero attached hydrogens (tertiary/aromatic N) is 2. The maximum atomic E-state index is 10.9. The maximum Gasteiger partial charge on any atom is 0.342 e. The van der Waals surface area contributed by atoms with Crippen LogP contribution in [0.5, 0.6) is 0 Å². The van der Waals surface area contributed by atoms with Crippen molar-refractivity contribution in [2.75, 3.05) is 6.26 Å². The molecule has 0 amide bonds. The monoisotopic (exact) mass is 263 g/mol. The number of nitrogens with one attached hydrogen (secondary N) is 1. The maximum absolute atomic E-state index is 10.9. The zero-order chi connectivity index (χ0) is 12.2. The first-order valence-electron chi connectivity index (χ1n) is 4.57. The highest BCUT2D eigenvalue weighted by Crippen LogP contribution is 2.39. The average molecular weight is 263 g/mol. The molecule has 16 heavy (non-hydrogen) atoms. The van der Waals surface area contributed by atoms with E-state index in [1.54, 1.807) is 12.4 Å². The molecule has 0 aliphatic rings. The van der Waals surface area contributed by atoms with Crippen molar-refractivity contribution in [2.45, 2.75) is 24.4 Å². The number of hydrogen-bond acceptors (Lipinski definition) is 5. The summed E-state index contributed by atoms with van der Waals surface area (Å²) in [5.74, 6) is -0.868. The Bertz CT molecular complexity index is 381. The molecule has 0 unspecified atom stereocenters. The molecule has 1 atom stereocenters. The summed E-state index contributed by atoms with van der Waals surface area (Å²) in [4.78, 5) is 25.8. The zero-order valence-electron chi connectivity index (χ0n) is 8.99. The van der Waals surface area contributed by atoms with E-state index >= 15 is 0 Å². The van der Waals surface area contributed by atoms with Crippen molar-refractivity contribution in [2.24, 2.45) is 0 Å². The van der Waals surface area contributed by atoms with Crippen LogP contribution in [0, 0.1) is 0 Å². The second-order valence-corrected chi connectivity index (χ2v) is 5.95. The first kappa shape index (κ1) is 13.6. The predicted octanol–water partition coefficient (Wildman–Crippen LogP) is 0.812. The third-order valence-corrected chi connectivity index (χ3v) is 3.74. The van der Waals surface area contributed by atoms with Gasteiger partial charge in [0.2, 0.25) is 0 Å². The van der Waals surface area contributed by atoms with Gasteiger partial charge in [0.25, 0.3) is 0 Å². The van der Waals surface area contributed by atoms with Gasteiger partial charge in [-0.05, 0) is 13.2 Å². The normalized spacial score (nSPS) is 13.8. The van der Waals surface area contributed by atoms with E-state index in [2.05, 4.69) is 15.3 Å². The van der Waals surface area contributed by atoms with Crippen molar-refractivity contribution in [1.82, 2.24) is 15.3 Å². The second kappa shape index (κ2) is 5.75. The molecule has 1 aromatic heterocycles. The fourth-order valence-electron chi connectivity index (χ4n) is 0.924. The fraction of sp³-hybridized carbons (Fsp3) is 0.500. The van der Waals surface area contributed by atoms with Crippen molar-refractivity contribution in [1.29, 1.82) is 0 Å². The van der Waals surface area contributed by atoms with E-state index < -0.39 is 13.4 Å². The average Bonchev–Trinajstić information content (AvgIpc) is 2.25. The van der Waals surface area contributed by atoms with E-state index in [-0.39, 0.29) is 0 Å². The second-order valence-electron chi connectivity index (χ2n) is 3.22. The van der Waals surface area contributed by atoms with Gasteiger partial charge in [-0.15, -0.1) is 0 Å². The molecule has 0 aromatic carbocycles. The molecule has 0 aliphatic heterocycles. The number of hydrogen-bond donors (Lipinski definition) is 3. The fourth-order valence-corrected chi connectivity index (χ4v) is 1.57. The van der Waals surface area contributed by atoms with E-state index in [0.29, 0.717) is 11.7 Å². The Morgan fingerprint density at radius 3 is 2.50 bits per heavy atom. The summed E-state index contributed by atoms with van der Waals surface area (Å²) >= 11 is 1.44. The third kappa shape index (κ3) is 4.19. The molecule has 0 aliphatic carbocycles. The van der Waals surface area contributed by atoms with Crippen LogP contribution in [0.15, 0.2) is 17.6 Å². The summed E-state index contributed by atoms with van der Waals surface area (Å²) < 4.78 is 10.9. The SMILES string of the molecule is CSc1ncc(CN[C@@H](C)P(=O)(O)O)cn1. The summed E-state index contributed by atoms with van der Waals surface area (Å²) in [5.41, 5.74) is 0.790. The Labute approximate surface area is 98.1 Å². The Hall–Kier alpha value is -0.460. The number of thioether (sulfide) groups is 1. The molecule has 8 heteroatoms. The number of rotatable bonds is 5. The van der Waals surface area contributed by atoms with Crippen molar-refractivity contribution >= 4 is 19.4 Å². The zero-order valence-corrected chi connectivity index (χ0v) is 10.7. The molecular weight excluding hydrogens is 249 g/mol. The van der Waals surface area contributed by atoms with Crippen LogP contribution in [0.4, 0.5) is 0 Å². The Kier molecular flexibility index (Phi) is 4.89. The van der Waals surface area contributed by atoms with Crippen LogP contribution in [0.25, 0.3) is 0 Å². The molecule has 1 rings (SSSR count). The summed E-state index contributed by atoms with van der Waals surface area (Å²) in [6, 6.07) is 0. The lowest BCUT2D eigenvalue weighted by atomic mass is 10.3. The largest absolute Gasteiger partial charge is 0.342 e. The van der Waals surface area contributed by atoms with Crippen molar-refractivity contribution < 1.29 is 14.4 Å². The minimum atomic E-state index is -4.07. The summed E-state index contributed by atoms with van der Waals surface area (Å²) in [5, 5.41) is 3.40. The minimum absolute atomic E-state index is 0.334. The van der Waals surface area contributed by atoms with E-state index in [0.717, 1.165) is 5.56 Å². The van der Waals surface area contributed by atoms with Crippen LogP contribution in [0.1, 0.15) is 12.5 Å². The van der Waals surface area contributed by atoms with Gasteiger partial charge in [-0.1, -0.05) is 11.8 Å². The van der Waals surface area contributed by atoms with Crippen LogP contribution >= 0.6 is 19.4 Å².